The van der Waals surface area contributed by atoms with Crippen molar-refractivity contribution in [2.45, 2.75) is 26.7 Å². The Kier molecular flexibility index (Phi) is 3.01. The second-order valence-corrected chi connectivity index (χ2v) is 3.12. The minimum atomic E-state index is -0.933. The van der Waals surface area contributed by atoms with Crippen LogP contribution in [0.1, 0.15) is 31.5 Å². The Morgan fingerprint density at radius 1 is 1.64 bits per heavy atom. The van der Waals surface area contributed by atoms with E-state index in [4.69, 9.17) is 9.63 Å². The predicted octanol–water partition coefficient (Wildman–Crippen LogP) is 1.51. The molecule has 76 valence electrons. The van der Waals surface area contributed by atoms with Crippen LogP contribution in [0, 0.1) is 6.92 Å². The third-order valence-corrected chi connectivity index (χ3v) is 1.79. The van der Waals surface area contributed by atoms with Gasteiger partial charge < -0.3 is 9.63 Å². The van der Waals surface area contributed by atoms with Crippen LogP contribution in [0.15, 0.2) is 16.2 Å². The van der Waals surface area contributed by atoms with E-state index in [1.165, 1.54) is 6.92 Å². The summed E-state index contributed by atoms with van der Waals surface area (Å²) in [5, 5.41) is 12.4. The van der Waals surface area contributed by atoms with Crippen molar-refractivity contribution in [1.82, 2.24) is 10.1 Å². The third kappa shape index (κ3) is 2.42. The molecule has 0 saturated heterocycles. The first kappa shape index (κ1) is 10.4. The van der Waals surface area contributed by atoms with Crippen LogP contribution in [-0.4, -0.2) is 21.2 Å². The quantitative estimate of drug-likeness (QED) is 0.741. The maximum atomic E-state index is 10.5. The lowest BCUT2D eigenvalue weighted by molar-refractivity contribution is -0.132. The molecule has 0 saturated carbocycles. The highest BCUT2D eigenvalue weighted by Crippen LogP contribution is 2.14. The largest absolute Gasteiger partial charge is 0.478 e. The standard InChI is InChI=1S/C9H12N2O3/c1-5(4-6(2)9(12)13)8-10-7(3)14-11-8/h4-5H,1-3H3,(H,12,13)/b6-4-. The summed E-state index contributed by atoms with van der Waals surface area (Å²) in [7, 11) is 0. The van der Waals surface area contributed by atoms with Crippen LogP contribution in [0.3, 0.4) is 0 Å². The summed E-state index contributed by atoms with van der Waals surface area (Å²) in [6.07, 6.45) is 1.59. The van der Waals surface area contributed by atoms with Gasteiger partial charge in [0.15, 0.2) is 5.82 Å². The van der Waals surface area contributed by atoms with Crippen LogP contribution in [0.2, 0.25) is 0 Å². The molecule has 1 atom stereocenters. The van der Waals surface area contributed by atoms with E-state index in [0.29, 0.717) is 11.7 Å². The van der Waals surface area contributed by atoms with Gasteiger partial charge in [-0.15, -0.1) is 0 Å². The second-order valence-electron chi connectivity index (χ2n) is 3.12. The fourth-order valence-corrected chi connectivity index (χ4v) is 1.02. The van der Waals surface area contributed by atoms with E-state index in [0.717, 1.165) is 0 Å². The molecule has 5 nitrogen and oxygen atoms in total. The molecule has 0 aromatic carbocycles. The molecule has 0 aliphatic heterocycles. The highest BCUT2D eigenvalue weighted by Gasteiger charge is 2.11. The summed E-state index contributed by atoms with van der Waals surface area (Å²) in [5.74, 6) is -0.100. The Morgan fingerprint density at radius 3 is 2.71 bits per heavy atom. The molecule has 1 rings (SSSR count). The zero-order chi connectivity index (χ0) is 10.7. The van der Waals surface area contributed by atoms with Crippen molar-refractivity contribution in [1.29, 1.82) is 0 Å². The predicted molar refractivity (Wildman–Crippen MR) is 48.8 cm³/mol. The SMILES string of the molecule is C/C(=C/C(C)c1noc(C)n1)C(=O)O. The summed E-state index contributed by atoms with van der Waals surface area (Å²) < 4.78 is 4.79. The third-order valence-electron chi connectivity index (χ3n) is 1.79. The molecule has 5 heteroatoms. The zero-order valence-corrected chi connectivity index (χ0v) is 8.31. The lowest BCUT2D eigenvalue weighted by atomic mass is 10.1. The monoisotopic (exact) mass is 196 g/mol. The van der Waals surface area contributed by atoms with Crippen LogP contribution in [0.4, 0.5) is 0 Å². The number of rotatable bonds is 3. The molecular weight excluding hydrogens is 184 g/mol. The molecule has 0 bridgehead atoms. The second kappa shape index (κ2) is 4.04. The molecule has 0 aliphatic rings. The van der Waals surface area contributed by atoms with Crippen molar-refractivity contribution in [2.24, 2.45) is 0 Å². The van der Waals surface area contributed by atoms with Crippen LogP contribution in [0.25, 0.3) is 0 Å². The number of carboxylic acids is 1. The highest BCUT2D eigenvalue weighted by molar-refractivity contribution is 5.85. The van der Waals surface area contributed by atoms with Gasteiger partial charge in [-0.3, -0.25) is 0 Å². The smallest absolute Gasteiger partial charge is 0.330 e. The topological polar surface area (TPSA) is 76.2 Å². The van der Waals surface area contributed by atoms with Gasteiger partial charge >= 0.3 is 5.97 Å². The van der Waals surface area contributed by atoms with E-state index in [1.54, 1.807) is 13.0 Å². The minimum Gasteiger partial charge on any atom is -0.478 e. The Bertz CT molecular complexity index is 368. The summed E-state index contributed by atoms with van der Waals surface area (Å²) in [4.78, 5) is 14.5. The van der Waals surface area contributed by atoms with Crippen LogP contribution < -0.4 is 0 Å². The first-order chi connectivity index (χ1) is 6.50. The fourth-order valence-electron chi connectivity index (χ4n) is 1.02. The average molecular weight is 196 g/mol. The number of carbonyl (C=O) groups is 1. The maximum absolute atomic E-state index is 10.5. The van der Waals surface area contributed by atoms with Crippen molar-refractivity contribution in [3.8, 4) is 0 Å². The number of aliphatic carboxylic acids is 1. The molecule has 1 aromatic heterocycles. The molecule has 0 fully saturated rings. The van der Waals surface area contributed by atoms with E-state index in [9.17, 15) is 4.79 Å². The van der Waals surface area contributed by atoms with Gasteiger partial charge in [0.25, 0.3) is 0 Å². The van der Waals surface area contributed by atoms with Gasteiger partial charge in [0.05, 0.1) is 0 Å². The zero-order valence-electron chi connectivity index (χ0n) is 8.31. The molecule has 1 unspecified atom stereocenters. The Labute approximate surface area is 81.4 Å². The van der Waals surface area contributed by atoms with E-state index in [2.05, 4.69) is 10.1 Å². The lowest BCUT2D eigenvalue weighted by Crippen LogP contribution is -2.00. The Hall–Kier alpha value is -1.65. The Balaban J connectivity index is 2.81. The number of aryl methyl sites for hydroxylation is 1. The van der Waals surface area contributed by atoms with Crippen LogP contribution in [0.5, 0.6) is 0 Å². The number of nitrogens with zero attached hydrogens (tertiary/aromatic N) is 2. The molecule has 1 heterocycles. The highest BCUT2D eigenvalue weighted by atomic mass is 16.5. The summed E-state index contributed by atoms with van der Waals surface area (Å²) in [6, 6.07) is 0. The molecular formula is C9H12N2O3. The van der Waals surface area contributed by atoms with Gasteiger partial charge in [-0.2, -0.15) is 4.98 Å². The van der Waals surface area contributed by atoms with Crippen LogP contribution >= 0.6 is 0 Å². The number of allylic oxidation sites excluding steroid dienone is 1. The first-order valence-corrected chi connectivity index (χ1v) is 4.22. The van der Waals surface area contributed by atoms with Gasteiger partial charge in [0, 0.05) is 18.4 Å². The van der Waals surface area contributed by atoms with Crippen LogP contribution in [-0.2, 0) is 4.79 Å². The minimum absolute atomic E-state index is 0.149. The normalized spacial score (nSPS) is 14.1. The molecule has 14 heavy (non-hydrogen) atoms. The van der Waals surface area contributed by atoms with Crippen molar-refractivity contribution in [3.05, 3.63) is 23.4 Å². The number of aromatic nitrogens is 2. The van der Waals surface area contributed by atoms with Gasteiger partial charge in [-0.25, -0.2) is 4.79 Å². The molecule has 0 radical (unpaired) electrons. The van der Waals surface area contributed by atoms with E-state index in [1.807, 2.05) is 6.92 Å². The van der Waals surface area contributed by atoms with Crippen molar-refractivity contribution in [3.63, 3.8) is 0 Å². The van der Waals surface area contributed by atoms with Crippen molar-refractivity contribution >= 4 is 5.97 Å². The maximum Gasteiger partial charge on any atom is 0.330 e. The number of hydrogen-bond donors (Lipinski definition) is 1. The Morgan fingerprint density at radius 2 is 2.29 bits per heavy atom. The number of carboxylic acid groups (broad SMARTS) is 1. The lowest BCUT2D eigenvalue weighted by Gasteiger charge is -1.99. The molecule has 0 spiro atoms. The average Bonchev–Trinajstić information content (AvgIpc) is 2.51. The molecule has 1 N–H and O–H groups in total. The van der Waals surface area contributed by atoms with Crippen molar-refractivity contribution < 1.29 is 14.4 Å². The van der Waals surface area contributed by atoms with Crippen molar-refractivity contribution in [2.75, 3.05) is 0 Å². The summed E-state index contributed by atoms with van der Waals surface area (Å²) in [5.41, 5.74) is 0.278. The van der Waals surface area contributed by atoms with Gasteiger partial charge in [-0.1, -0.05) is 18.2 Å². The summed E-state index contributed by atoms with van der Waals surface area (Å²) >= 11 is 0. The van der Waals surface area contributed by atoms with Gasteiger partial charge in [-0.05, 0) is 6.92 Å². The first-order valence-electron chi connectivity index (χ1n) is 4.22. The van der Waals surface area contributed by atoms with E-state index >= 15 is 0 Å². The molecule has 1 aromatic rings. The summed E-state index contributed by atoms with van der Waals surface area (Å²) in [6.45, 7) is 5.04. The molecule has 0 amide bonds. The van der Waals surface area contributed by atoms with E-state index in [-0.39, 0.29) is 11.5 Å². The van der Waals surface area contributed by atoms with Gasteiger partial charge in [0.2, 0.25) is 5.89 Å². The molecule has 0 aliphatic carbocycles. The fraction of sp³-hybridized carbons (Fsp3) is 0.444. The van der Waals surface area contributed by atoms with E-state index < -0.39 is 5.97 Å². The van der Waals surface area contributed by atoms with Gasteiger partial charge in [0.1, 0.15) is 0 Å². The number of hydrogen-bond acceptors (Lipinski definition) is 4.